The monoisotopic (exact) mass is 293 g/mol. The molecule has 0 aliphatic heterocycles. The second-order valence-electron chi connectivity index (χ2n) is 6.78. The van der Waals surface area contributed by atoms with Crippen LogP contribution in [0, 0.1) is 11.3 Å². The molecule has 0 amide bonds. The fourth-order valence-electron chi connectivity index (χ4n) is 3.27. The Morgan fingerprint density at radius 2 is 1.90 bits per heavy atom. The Morgan fingerprint density at radius 1 is 1.29 bits per heavy atom. The van der Waals surface area contributed by atoms with Crippen LogP contribution in [0.5, 0.6) is 0 Å². The van der Waals surface area contributed by atoms with Crippen molar-refractivity contribution in [1.29, 1.82) is 0 Å². The zero-order chi connectivity index (χ0) is 15.3. The van der Waals surface area contributed by atoms with Crippen LogP contribution >= 0.6 is 0 Å². The van der Waals surface area contributed by atoms with Gasteiger partial charge in [-0.2, -0.15) is 5.10 Å². The second-order valence-corrected chi connectivity index (χ2v) is 6.78. The van der Waals surface area contributed by atoms with Crippen molar-refractivity contribution in [2.75, 3.05) is 0 Å². The molecular formula is C16H27N3O2. The van der Waals surface area contributed by atoms with E-state index in [9.17, 15) is 9.90 Å². The first kappa shape index (κ1) is 16.0. The molecule has 1 aliphatic carbocycles. The Kier molecular flexibility index (Phi) is 5.37. The molecule has 5 nitrogen and oxygen atoms in total. The van der Waals surface area contributed by atoms with E-state index in [2.05, 4.69) is 23.9 Å². The molecule has 2 rings (SSSR count). The van der Waals surface area contributed by atoms with E-state index in [-0.39, 0.29) is 0 Å². The maximum Gasteiger partial charge on any atom is 0.310 e. The van der Waals surface area contributed by atoms with Gasteiger partial charge in [-0.25, -0.2) is 9.67 Å². The third-order valence-electron chi connectivity index (χ3n) is 4.49. The van der Waals surface area contributed by atoms with E-state index < -0.39 is 11.4 Å². The molecule has 0 radical (unpaired) electrons. The van der Waals surface area contributed by atoms with Crippen molar-refractivity contribution in [3.8, 4) is 0 Å². The van der Waals surface area contributed by atoms with Crippen LogP contribution in [0.3, 0.4) is 0 Å². The van der Waals surface area contributed by atoms with E-state index in [0.29, 0.717) is 12.3 Å². The normalized spacial score (nSPS) is 19.2. The van der Waals surface area contributed by atoms with Gasteiger partial charge in [0.2, 0.25) is 0 Å². The van der Waals surface area contributed by atoms with E-state index in [0.717, 1.165) is 50.9 Å². The molecule has 118 valence electrons. The number of rotatable bonds is 5. The number of carboxylic acids is 1. The van der Waals surface area contributed by atoms with Crippen molar-refractivity contribution in [3.05, 3.63) is 12.2 Å². The zero-order valence-corrected chi connectivity index (χ0v) is 13.2. The largest absolute Gasteiger partial charge is 0.481 e. The first-order chi connectivity index (χ1) is 10.0. The molecule has 1 N–H and O–H groups in total. The van der Waals surface area contributed by atoms with Gasteiger partial charge in [0.25, 0.3) is 0 Å². The van der Waals surface area contributed by atoms with Gasteiger partial charge in [0.1, 0.15) is 12.2 Å². The highest BCUT2D eigenvalue weighted by molar-refractivity contribution is 5.74. The topological polar surface area (TPSA) is 68.0 Å². The molecule has 0 aromatic carbocycles. The fourth-order valence-corrected chi connectivity index (χ4v) is 3.27. The lowest BCUT2D eigenvalue weighted by Gasteiger charge is -2.31. The molecule has 1 aliphatic rings. The number of hydrogen-bond acceptors (Lipinski definition) is 3. The summed E-state index contributed by atoms with van der Waals surface area (Å²) >= 11 is 0. The van der Waals surface area contributed by atoms with Crippen LogP contribution in [0.25, 0.3) is 0 Å². The van der Waals surface area contributed by atoms with Crippen LogP contribution in [0.1, 0.15) is 64.6 Å². The molecule has 1 heterocycles. The van der Waals surface area contributed by atoms with Crippen molar-refractivity contribution in [2.45, 2.75) is 71.8 Å². The van der Waals surface area contributed by atoms with Crippen molar-refractivity contribution < 1.29 is 9.90 Å². The number of carbonyl (C=O) groups is 1. The molecule has 0 atom stereocenters. The Morgan fingerprint density at radius 3 is 2.48 bits per heavy atom. The molecule has 0 unspecified atom stereocenters. The summed E-state index contributed by atoms with van der Waals surface area (Å²) in [6.07, 6.45) is 9.12. The highest BCUT2D eigenvalue weighted by atomic mass is 16.4. The van der Waals surface area contributed by atoms with Gasteiger partial charge in [0.05, 0.1) is 5.41 Å². The van der Waals surface area contributed by atoms with E-state index >= 15 is 0 Å². The van der Waals surface area contributed by atoms with Crippen molar-refractivity contribution in [3.63, 3.8) is 0 Å². The van der Waals surface area contributed by atoms with Gasteiger partial charge in [0.15, 0.2) is 0 Å². The van der Waals surface area contributed by atoms with E-state index in [1.165, 1.54) is 6.42 Å². The Bertz CT molecular complexity index is 460. The quantitative estimate of drug-likeness (QED) is 0.904. The van der Waals surface area contributed by atoms with Gasteiger partial charge < -0.3 is 5.11 Å². The predicted octanol–water partition coefficient (Wildman–Crippen LogP) is 3.29. The van der Waals surface area contributed by atoms with Crippen LogP contribution < -0.4 is 0 Å². The van der Waals surface area contributed by atoms with Crippen LogP contribution in [0.4, 0.5) is 0 Å². The number of aromatic nitrogens is 3. The van der Waals surface area contributed by atoms with Crippen LogP contribution in [-0.4, -0.2) is 25.8 Å². The smallest absolute Gasteiger partial charge is 0.310 e. The molecule has 0 bridgehead atoms. The average Bonchev–Trinajstić information content (AvgIpc) is 2.78. The highest BCUT2D eigenvalue weighted by Crippen LogP contribution is 2.37. The number of nitrogens with zero attached hydrogens (tertiary/aromatic N) is 3. The summed E-state index contributed by atoms with van der Waals surface area (Å²) in [5.41, 5.74) is -0.651. The van der Waals surface area contributed by atoms with Crippen LogP contribution in [0.15, 0.2) is 6.33 Å². The standard InChI is InChI=1S/C16H27N3O2/c1-13(2)11-19-14(17-12-18-19)10-16(15(20)21)8-6-4-3-5-7-9-16/h12-13H,3-11H2,1-2H3,(H,20,21). The summed E-state index contributed by atoms with van der Waals surface area (Å²) in [5, 5.41) is 14.1. The predicted molar refractivity (Wildman–Crippen MR) is 81.0 cm³/mol. The fraction of sp³-hybridized carbons (Fsp3) is 0.812. The van der Waals surface area contributed by atoms with Gasteiger partial charge in [-0.15, -0.1) is 0 Å². The number of carboxylic acid groups (broad SMARTS) is 1. The lowest BCUT2D eigenvalue weighted by Crippen LogP contribution is -2.35. The minimum absolute atomic E-state index is 0.476. The molecular weight excluding hydrogens is 266 g/mol. The molecule has 1 saturated carbocycles. The SMILES string of the molecule is CC(C)Cn1ncnc1CC1(C(=O)O)CCCCCCC1. The lowest BCUT2D eigenvalue weighted by molar-refractivity contribution is -0.150. The summed E-state index contributed by atoms with van der Waals surface area (Å²) in [6.45, 7) is 5.06. The zero-order valence-electron chi connectivity index (χ0n) is 13.2. The molecule has 1 aromatic heterocycles. The van der Waals surface area contributed by atoms with Gasteiger partial charge >= 0.3 is 5.97 Å². The second kappa shape index (κ2) is 7.05. The average molecular weight is 293 g/mol. The highest BCUT2D eigenvalue weighted by Gasteiger charge is 2.39. The maximum atomic E-state index is 11.9. The van der Waals surface area contributed by atoms with E-state index in [1.807, 2.05) is 4.68 Å². The van der Waals surface area contributed by atoms with Gasteiger partial charge in [-0.3, -0.25) is 4.79 Å². The molecule has 0 saturated heterocycles. The summed E-state index contributed by atoms with van der Waals surface area (Å²) in [5.74, 6) is 0.638. The van der Waals surface area contributed by atoms with Crippen molar-refractivity contribution in [2.24, 2.45) is 11.3 Å². The van der Waals surface area contributed by atoms with Crippen molar-refractivity contribution in [1.82, 2.24) is 14.8 Å². The summed E-state index contributed by atoms with van der Waals surface area (Å²) in [4.78, 5) is 16.3. The minimum Gasteiger partial charge on any atom is -0.481 e. The van der Waals surface area contributed by atoms with Gasteiger partial charge in [-0.1, -0.05) is 46.0 Å². The summed E-state index contributed by atoms with van der Waals surface area (Å²) in [7, 11) is 0. The van der Waals surface area contributed by atoms with Gasteiger partial charge in [0, 0.05) is 13.0 Å². The Labute approximate surface area is 126 Å². The summed E-state index contributed by atoms with van der Waals surface area (Å²) in [6, 6.07) is 0. The first-order valence-electron chi connectivity index (χ1n) is 8.13. The third-order valence-corrected chi connectivity index (χ3v) is 4.49. The summed E-state index contributed by atoms with van der Waals surface area (Å²) < 4.78 is 1.88. The molecule has 5 heteroatoms. The number of aliphatic carboxylic acids is 1. The van der Waals surface area contributed by atoms with Crippen LogP contribution in [-0.2, 0) is 17.8 Å². The Balaban J connectivity index is 2.19. The van der Waals surface area contributed by atoms with Crippen LogP contribution in [0.2, 0.25) is 0 Å². The lowest BCUT2D eigenvalue weighted by atomic mass is 9.73. The molecule has 1 fully saturated rings. The third kappa shape index (κ3) is 4.05. The molecule has 21 heavy (non-hydrogen) atoms. The van der Waals surface area contributed by atoms with E-state index in [4.69, 9.17) is 0 Å². The van der Waals surface area contributed by atoms with E-state index in [1.54, 1.807) is 6.33 Å². The first-order valence-corrected chi connectivity index (χ1v) is 8.13. The van der Waals surface area contributed by atoms with Gasteiger partial charge in [-0.05, 0) is 18.8 Å². The number of hydrogen-bond donors (Lipinski definition) is 1. The minimum atomic E-state index is -0.663. The maximum absolute atomic E-state index is 11.9. The van der Waals surface area contributed by atoms with Crippen molar-refractivity contribution >= 4 is 5.97 Å². The molecule has 0 spiro atoms. The molecule has 1 aromatic rings. The Hall–Kier alpha value is -1.39.